The summed E-state index contributed by atoms with van der Waals surface area (Å²) in [6.07, 6.45) is 1.34. The van der Waals surface area contributed by atoms with E-state index >= 15 is 0 Å². The van der Waals surface area contributed by atoms with E-state index in [9.17, 15) is 13.2 Å². The predicted octanol–water partition coefficient (Wildman–Crippen LogP) is 3.75. The van der Waals surface area contributed by atoms with E-state index < -0.39 is 16.0 Å². The summed E-state index contributed by atoms with van der Waals surface area (Å²) in [4.78, 5) is 20.6. The number of nitrogen functional groups attached to an aromatic ring is 1. The van der Waals surface area contributed by atoms with Crippen LogP contribution in [0.3, 0.4) is 0 Å². The molecule has 3 aromatic rings. The molecule has 0 spiro atoms. The standard InChI is InChI=1S/C23H28N6O4S/c1-4-29(5-2)34(31,32)19-12-10-17(11-13-19)27-21-20(24)22(26-15-25-21)28-18-9-7-8-16(14-18)23(30)33-6-3/h7-15H,4-6,24H2,1-3H3,(H2,25,26,27,28). The van der Waals surface area contributed by atoms with Gasteiger partial charge in [-0.3, -0.25) is 0 Å². The topological polar surface area (TPSA) is 140 Å². The fourth-order valence-electron chi connectivity index (χ4n) is 3.23. The Morgan fingerprint density at radius 3 is 2.18 bits per heavy atom. The Bertz CT molecular complexity index is 1240. The van der Waals surface area contributed by atoms with Gasteiger partial charge in [-0.15, -0.1) is 0 Å². The Labute approximate surface area is 199 Å². The van der Waals surface area contributed by atoms with Crippen LogP contribution in [-0.4, -0.2) is 48.4 Å². The van der Waals surface area contributed by atoms with Gasteiger partial charge in [-0.25, -0.2) is 23.2 Å². The van der Waals surface area contributed by atoms with E-state index in [0.29, 0.717) is 41.7 Å². The number of ether oxygens (including phenoxy) is 1. The second kappa shape index (κ2) is 10.9. The number of nitrogens with one attached hydrogen (secondary N) is 2. The Balaban J connectivity index is 1.78. The Morgan fingerprint density at radius 2 is 1.59 bits per heavy atom. The number of nitrogens with zero attached hydrogens (tertiary/aromatic N) is 3. The van der Waals surface area contributed by atoms with Gasteiger partial charge >= 0.3 is 5.97 Å². The molecule has 10 nitrogen and oxygen atoms in total. The van der Waals surface area contributed by atoms with Gasteiger partial charge in [0, 0.05) is 24.5 Å². The van der Waals surface area contributed by atoms with Crippen LogP contribution >= 0.6 is 0 Å². The van der Waals surface area contributed by atoms with Gasteiger partial charge < -0.3 is 21.1 Å². The van der Waals surface area contributed by atoms with Crippen molar-refractivity contribution in [3.8, 4) is 0 Å². The first-order chi connectivity index (χ1) is 16.3. The monoisotopic (exact) mass is 484 g/mol. The highest BCUT2D eigenvalue weighted by Crippen LogP contribution is 2.29. The van der Waals surface area contributed by atoms with Gasteiger partial charge in [0.2, 0.25) is 10.0 Å². The van der Waals surface area contributed by atoms with Crippen LogP contribution in [0.5, 0.6) is 0 Å². The van der Waals surface area contributed by atoms with Crippen molar-refractivity contribution in [3.05, 3.63) is 60.4 Å². The van der Waals surface area contributed by atoms with Crippen molar-refractivity contribution in [2.45, 2.75) is 25.7 Å². The van der Waals surface area contributed by atoms with E-state index in [-0.39, 0.29) is 17.2 Å². The molecule has 180 valence electrons. The van der Waals surface area contributed by atoms with Gasteiger partial charge in [-0.2, -0.15) is 4.31 Å². The second-order valence-electron chi connectivity index (χ2n) is 7.15. The molecular weight excluding hydrogens is 456 g/mol. The predicted molar refractivity (Wildman–Crippen MR) is 132 cm³/mol. The van der Waals surface area contributed by atoms with Crippen LogP contribution in [-0.2, 0) is 14.8 Å². The molecule has 0 aliphatic heterocycles. The summed E-state index contributed by atoms with van der Waals surface area (Å²) in [7, 11) is -3.54. The molecular formula is C23H28N6O4S. The summed E-state index contributed by atoms with van der Waals surface area (Å²) < 4.78 is 31.8. The van der Waals surface area contributed by atoms with Crippen LogP contribution in [0.1, 0.15) is 31.1 Å². The number of benzene rings is 2. The number of hydrogen-bond donors (Lipinski definition) is 3. The highest BCUT2D eigenvalue weighted by atomic mass is 32.2. The maximum atomic E-state index is 12.7. The van der Waals surface area contributed by atoms with Crippen LogP contribution in [0.15, 0.2) is 59.8 Å². The SMILES string of the molecule is CCOC(=O)c1cccc(Nc2ncnc(Nc3ccc(S(=O)(=O)N(CC)CC)cc3)c2N)c1. The zero-order valence-electron chi connectivity index (χ0n) is 19.3. The molecule has 0 unspecified atom stereocenters. The van der Waals surface area contributed by atoms with Gasteiger partial charge in [0.25, 0.3) is 0 Å². The molecule has 0 atom stereocenters. The molecule has 0 saturated heterocycles. The van der Waals surface area contributed by atoms with E-state index in [1.807, 2.05) is 0 Å². The molecule has 0 amide bonds. The molecule has 0 aliphatic carbocycles. The van der Waals surface area contributed by atoms with E-state index in [4.69, 9.17) is 10.5 Å². The van der Waals surface area contributed by atoms with Gasteiger partial charge in [-0.1, -0.05) is 19.9 Å². The third-order valence-electron chi connectivity index (χ3n) is 4.98. The maximum Gasteiger partial charge on any atom is 0.338 e. The lowest BCUT2D eigenvalue weighted by atomic mass is 10.2. The third-order valence-corrected chi connectivity index (χ3v) is 7.04. The van der Waals surface area contributed by atoms with Crippen LogP contribution < -0.4 is 16.4 Å². The molecule has 0 saturated carbocycles. The number of carbonyl (C=O) groups excluding carboxylic acids is 1. The summed E-state index contributed by atoms with van der Waals surface area (Å²) in [5.74, 6) is 0.272. The number of nitrogens with two attached hydrogens (primary N) is 1. The van der Waals surface area contributed by atoms with Crippen molar-refractivity contribution in [1.82, 2.24) is 14.3 Å². The number of anilines is 5. The third kappa shape index (κ3) is 5.61. The first-order valence-electron chi connectivity index (χ1n) is 10.8. The van der Waals surface area contributed by atoms with Gasteiger partial charge in [0.1, 0.15) is 12.0 Å². The molecule has 0 fully saturated rings. The lowest BCUT2D eigenvalue weighted by Crippen LogP contribution is -2.30. The first kappa shape index (κ1) is 24.9. The molecule has 1 heterocycles. The van der Waals surface area contributed by atoms with Crippen LogP contribution in [0.2, 0.25) is 0 Å². The number of carbonyl (C=O) groups is 1. The average Bonchev–Trinajstić information content (AvgIpc) is 2.83. The average molecular weight is 485 g/mol. The fourth-order valence-corrected chi connectivity index (χ4v) is 4.69. The first-order valence-corrected chi connectivity index (χ1v) is 12.3. The van der Waals surface area contributed by atoms with Crippen molar-refractivity contribution < 1.29 is 17.9 Å². The number of aromatic nitrogens is 2. The maximum absolute atomic E-state index is 12.7. The van der Waals surface area contributed by atoms with Crippen molar-refractivity contribution in [1.29, 1.82) is 0 Å². The quantitative estimate of drug-likeness (QED) is 0.367. The van der Waals surface area contributed by atoms with Crippen LogP contribution in [0.4, 0.5) is 28.7 Å². The zero-order chi connectivity index (χ0) is 24.7. The van der Waals surface area contributed by atoms with E-state index in [2.05, 4.69) is 20.6 Å². The van der Waals surface area contributed by atoms with E-state index in [1.54, 1.807) is 57.2 Å². The molecule has 3 rings (SSSR count). The molecule has 4 N–H and O–H groups in total. The van der Waals surface area contributed by atoms with Gasteiger partial charge in [-0.05, 0) is 49.4 Å². The molecule has 11 heteroatoms. The van der Waals surface area contributed by atoms with E-state index in [0.717, 1.165) is 0 Å². The van der Waals surface area contributed by atoms with Gasteiger partial charge in [0.15, 0.2) is 11.6 Å². The smallest absolute Gasteiger partial charge is 0.338 e. The highest BCUT2D eigenvalue weighted by molar-refractivity contribution is 7.89. The highest BCUT2D eigenvalue weighted by Gasteiger charge is 2.21. The summed E-state index contributed by atoms with van der Waals surface area (Å²) in [6, 6.07) is 13.2. The summed E-state index contributed by atoms with van der Waals surface area (Å²) in [5, 5.41) is 6.16. The second-order valence-corrected chi connectivity index (χ2v) is 9.09. The minimum Gasteiger partial charge on any atom is -0.462 e. The van der Waals surface area contributed by atoms with Crippen molar-refractivity contribution in [2.24, 2.45) is 0 Å². The Morgan fingerprint density at radius 1 is 0.971 bits per heavy atom. The number of rotatable bonds is 10. The summed E-state index contributed by atoms with van der Waals surface area (Å²) >= 11 is 0. The minimum absolute atomic E-state index is 0.209. The Hall–Kier alpha value is -3.70. The molecule has 0 radical (unpaired) electrons. The lowest BCUT2D eigenvalue weighted by molar-refractivity contribution is 0.0526. The Kier molecular flexibility index (Phi) is 8.03. The molecule has 2 aromatic carbocycles. The van der Waals surface area contributed by atoms with E-state index in [1.165, 1.54) is 22.8 Å². The molecule has 0 bridgehead atoms. The largest absolute Gasteiger partial charge is 0.462 e. The lowest BCUT2D eigenvalue weighted by Gasteiger charge is -2.18. The number of sulfonamides is 1. The molecule has 1 aromatic heterocycles. The normalized spacial score (nSPS) is 11.3. The minimum atomic E-state index is -3.54. The van der Waals surface area contributed by atoms with Crippen molar-refractivity contribution in [2.75, 3.05) is 36.1 Å². The number of hydrogen-bond acceptors (Lipinski definition) is 9. The van der Waals surface area contributed by atoms with Gasteiger partial charge in [0.05, 0.1) is 17.1 Å². The van der Waals surface area contributed by atoms with Crippen LogP contribution in [0.25, 0.3) is 0 Å². The summed E-state index contributed by atoms with van der Waals surface area (Å²) in [6.45, 7) is 6.42. The van der Waals surface area contributed by atoms with Crippen molar-refractivity contribution in [3.63, 3.8) is 0 Å². The number of esters is 1. The van der Waals surface area contributed by atoms with Crippen LogP contribution in [0, 0.1) is 0 Å². The summed E-state index contributed by atoms with van der Waals surface area (Å²) in [5.41, 5.74) is 8.12. The molecule has 0 aliphatic rings. The molecule has 34 heavy (non-hydrogen) atoms. The van der Waals surface area contributed by atoms with Crippen molar-refractivity contribution >= 4 is 44.7 Å². The fraction of sp³-hybridized carbons (Fsp3) is 0.261. The zero-order valence-corrected chi connectivity index (χ0v) is 20.1.